The molecule has 0 amide bonds. The number of likely N-dealkylation sites (N-methyl/N-ethyl adjacent to an activating group) is 1. The van der Waals surface area contributed by atoms with E-state index in [1.54, 1.807) is 7.11 Å². The van der Waals surface area contributed by atoms with Gasteiger partial charge in [0.2, 0.25) is 0 Å². The molecular formula is C12H20N2O2. The van der Waals surface area contributed by atoms with Crippen molar-refractivity contribution in [1.29, 1.82) is 0 Å². The average Bonchev–Trinajstić information content (AvgIpc) is 2.29. The van der Waals surface area contributed by atoms with Crippen LogP contribution in [0.25, 0.3) is 0 Å². The second kappa shape index (κ2) is 6.23. The Hall–Kier alpha value is -1.42. The van der Waals surface area contributed by atoms with E-state index in [0.29, 0.717) is 18.9 Å². The number of hydrogen-bond acceptors (Lipinski definition) is 4. The Labute approximate surface area is 96.9 Å². The fraction of sp³-hybridized carbons (Fsp3) is 0.500. The van der Waals surface area contributed by atoms with Crippen molar-refractivity contribution in [3.63, 3.8) is 0 Å². The third kappa shape index (κ3) is 3.03. The van der Waals surface area contributed by atoms with Gasteiger partial charge in [-0.15, -0.1) is 0 Å². The van der Waals surface area contributed by atoms with Crippen LogP contribution in [0.1, 0.15) is 6.92 Å². The van der Waals surface area contributed by atoms with Crippen LogP contribution in [0.5, 0.6) is 5.75 Å². The predicted molar refractivity (Wildman–Crippen MR) is 67.2 cm³/mol. The Kier molecular flexibility index (Phi) is 4.92. The van der Waals surface area contributed by atoms with Crippen molar-refractivity contribution in [3.05, 3.63) is 18.2 Å². The quantitative estimate of drug-likeness (QED) is 0.748. The third-order valence-electron chi connectivity index (χ3n) is 2.39. The van der Waals surface area contributed by atoms with Crippen LogP contribution in [0.2, 0.25) is 0 Å². The lowest BCUT2D eigenvalue weighted by molar-refractivity contribution is 0.206. The zero-order valence-electron chi connectivity index (χ0n) is 10.2. The monoisotopic (exact) mass is 224 g/mol. The molecule has 0 heterocycles. The SMILES string of the molecule is CCOc1cccc(N(C)CCOC)c1N. The number of nitrogen functional groups attached to an aromatic ring is 1. The minimum Gasteiger partial charge on any atom is -0.492 e. The summed E-state index contributed by atoms with van der Waals surface area (Å²) in [6, 6.07) is 5.81. The summed E-state index contributed by atoms with van der Waals surface area (Å²) in [6.45, 7) is 4.04. The van der Waals surface area contributed by atoms with Crippen molar-refractivity contribution in [1.82, 2.24) is 0 Å². The van der Waals surface area contributed by atoms with E-state index >= 15 is 0 Å². The van der Waals surface area contributed by atoms with Gasteiger partial charge in [-0.2, -0.15) is 0 Å². The van der Waals surface area contributed by atoms with Gasteiger partial charge in [-0.3, -0.25) is 0 Å². The topological polar surface area (TPSA) is 47.7 Å². The van der Waals surface area contributed by atoms with Gasteiger partial charge >= 0.3 is 0 Å². The first kappa shape index (κ1) is 12.6. The van der Waals surface area contributed by atoms with E-state index < -0.39 is 0 Å². The number of para-hydroxylation sites is 1. The zero-order valence-corrected chi connectivity index (χ0v) is 10.2. The van der Waals surface area contributed by atoms with Crippen LogP contribution in [0, 0.1) is 0 Å². The van der Waals surface area contributed by atoms with E-state index in [4.69, 9.17) is 15.2 Å². The van der Waals surface area contributed by atoms with E-state index in [1.807, 2.05) is 32.2 Å². The number of ether oxygens (including phenoxy) is 2. The second-order valence-electron chi connectivity index (χ2n) is 3.54. The Morgan fingerprint density at radius 2 is 2.12 bits per heavy atom. The van der Waals surface area contributed by atoms with Crippen molar-refractivity contribution in [2.45, 2.75) is 6.92 Å². The maximum absolute atomic E-state index is 6.03. The van der Waals surface area contributed by atoms with Crippen LogP contribution in [0.3, 0.4) is 0 Å². The molecule has 0 aliphatic carbocycles. The molecule has 0 atom stereocenters. The van der Waals surface area contributed by atoms with Crippen molar-refractivity contribution < 1.29 is 9.47 Å². The smallest absolute Gasteiger partial charge is 0.144 e. The molecule has 0 saturated heterocycles. The summed E-state index contributed by atoms with van der Waals surface area (Å²) < 4.78 is 10.5. The van der Waals surface area contributed by atoms with Crippen molar-refractivity contribution in [2.75, 3.05) is 44.5 Å². The number of nitrogens with two attached hydrogens (primary N) is 1. The van der Waals surface area contributed by atoms with E-state index in [1.165, 1.54) is 0 Å². The number of benzene rings is 1. The van der Waals surface area contributed by atoms with Gasteiger partial charge in [0.15, 0.2) is 0 Å². The van der Waals surface area contributed by atoms with Gasteiger partial charge in [0, 0.05) is 20.7 Å². The molecule has 0 aliphatic heterocycles. The molecule has 0 spiro atoms. The summed E-state index contributed by atoms with van der Waals surface area (Å²) >= 11 is 0. The molecule has 0 radical (unpaired) electrons. The lowest BCUT2D eigenvalue weighted by Crippen LogP contribution is -2.23. The predicted octanol–water partition coefficient (Wildman–Crippen LogP) is 1.75. The van der Waals surface area contributed by atoms with Crippen LogP contribution in [-0.4, -0.2) is 33.9 Å². The van der Waals surface area contributed by atoms with Crippen LogP contribution >= 0.6 is 0 Å². The maximum atomic E-state index is 6.03. The first-order chi connectivity index (χ1) is 7.70. The van der Waals surface area contributed by atoms with E-state index in [2.05, 4.69) is 4.90 Å². The molecule has 0 aliphatic rings. The first-order valence-corrected chi connectivity index (χ1v) is 5.42. The minimum atomic E-state index is 0.620. The van der Waals surface area contributed by atoms with Crippen molar-refractivity contribution in [3.8, 4) is 5.75 Å². The molecule has 90 valence electrons. The van der Waals surface area contributed by atoms with Gasteiger partial charge in [0.1, 0.15) is 5.75 Å². The van der Waals surface area contributed by atoms with E-state index in [9.17, 15) is 0 Å². The fourth-order valence-electron chi connectivity index (χ4n) is 1.50. The molecule has 0 unspecified atom stereocenters. The van der Waals surface area contributed by atoms with Gasteiger partial charge in [0.25, 0.3) is 0 Å². The number of nitrogens with zero attached hydrogens (tertiary/aromatic N) is 1. The van der Waals surface area contributed by atoms with E-state index in [-0.39, 0.29) is 0 Å². The van der Waals surface area contributed by atoms with Crippen LogP contribution in [0.4, 0.5) is 11.4 Å². The normalized spacial score (nSPS) is 10.2. The second-order valence-corrected chi connectivity index (χ2v) is 3.54. The number of anilines is 2. The van der Waals surface area contributed by atoms with E-state index in [0.717, 1.165) is 18.0 Å². The highest BCUT2D eigenvalue weighted by Crippen LogP contribution is 2.31. The number of rotatable bonds is 6. The van der Waals surface area contributed by atoms with Gasteiger partial charge in [-0.05, 0) is 19.1 Å². The molecule has 4 heteroatoms. The molecule has 0 saturated carbocycles. The molecular weight excluding hydrogens is 204 g/mol. The fourth-order valence-corrected chi connectivity index (χ4v) is 1.50. The maximum Gasteiger partial charge on any atom is 0.144 e. The Bertz CT molecular complexity index is 329. The molecule has 4 nitrogen and oxygen atoms in total. The Morgan fingerprint density at radius 3 is 2.75 bits per heavy atom. The summed E-state index contributed by atoms with van der Waals surface area (Å²) in [5, 5.41) is 0. The lowest BCUT2D eigenvalue weighted by atomic mass is 10.2. The van der Waals surface area contributed by atoms with Crippen molar-refractivity contribution >= 4 is 11.4 Å². The minimum absolute atomic E-state index is 0.620. The van der Waals surface area contributed by atoms with Gasteiger partial charge in [-0.1, -0.05) is 6.07 Å². The van der Waals surface area contributed by atoms with Crippen molar-refractivity contribution in [2.24, 2.45) is 0 Å². The standard InChI is InChI=1S/C12H20N2O2/c1-4-16-11-7-5-6-10(12(11)13)14(2)8-9-15-3/h5-7H,4,8-9,13H2,1-3H3. The summed E-state index contributed by atoms with van der Waals surface area (Å²) in [7, 11) is 3.67. The Balaban J connectivity index is 2.82. The molecule has 0 aromatic heterocycles. The molecule has 1 aromatic carbocycles. The summed E-state index contributed by atoms with van der Waals surface area (Å²) in [5.41, 5.74) is 7.69. The number of methoxy groups -OCH3 is 1. The molecule has 0 fully saturated rings. The van der Waals surface area contributed by atoms with Gasteiger partial charge in [0.05, 0.1) is 24.6 Å². The van der Waals surface area contributed by atoms with Gasteiger partial charge < -0.3 is 20.1 Å². The largest absolute Gasteiger partial charge is 0.492 e. The number of hydrogen-bond donors (Lipinski definition) is 1. The summed E-state index contributed by atoms with van der Waals surface area (Å²) in [6.07, 6.45) is 0. The molecule has 16 heavy (non-hydrogen) atoms. The Morgan fingerprint density at radius 1 is 1.38 bits per heavy atom. The first-order valence-electron chi connectivity index (χ1n) is 5.42. The highest BCUT2D eigenvalue weighted by Gasteiger charge is 2.09. The average molecular weight is 224 g/mol. The van der Waals surface area contributed by atoms with Crippen LogP contribution in [-0.2, 0) is 4.74 Å². The zero-order chi connectivity index (χ0) is 12.0. The highest BCUT2D eigenvalue weighted by molar-refractivity contribution is 5.73. The van der Waals surface area contributed by atoms with Crippen LogP contribution < -0.4 is 15.4 Å². The summed E-state index contributed by atoms with van der Waals surface area (Å²) in [4.78, 5) is 2.06. The lowest BCUT2D eigenvalue weighted by Gasteiger charge is -2.21. The molecule has 1 aromatic rings. The molecule has 1 rings (SSSR count). The molecule has 0 bridgehead atoms. The third-order valence-corrected chi connectivity index (χ3v) is 2.39. The highest BCUT2D eigenvalue weighted by atomic mass is 16.5. The summed E-state index contributed by atoms with van der Waals surface area (Å²) in [5.74, 6) is 0.740. The van der Waals surface area contributed by atoms with Gasteiger partial charge in [-0.25, -0.2) is 0 Å². The molecule has 2 N–H and O–H groups in total. The van der Waals surface area contributed by atoms with Crippen LogP contribution in [0.15, 0.2) is 18.2 Å².